The van der Waals surface area contributed by atoms with Crippen LogP contribution in [0.15, 0.2) is 108 Å². The number of rotatable bonds is 12. The van der Waals surface area contributed by atoms with Gasteiger partial charge < -0.3 is 10.2 Å². The highest BCUT2D eigenvalue weighted by atomic mass is 35.5. The molecule has 0 fully saturated rings. The number of sulfonamides is 1. The smallest absolute Gasteiger partial charge is 0.264 e. The largest absolute Gasteiger partial charge is 0.357 e. The summed E-state index contributed by atoms with van der Waals surface area (Å²) < 4.78 is 29.2. The van der Waals surface area contributed by atoms with Crippen molar-refractivity contribution in [1.82, 2.24) is 10.2 Å². The number of carbonyl (C=O) groups is 2. The Bertz CT molecular complexity index is 1680. The molecule has 4 aromatic carbocycles. The minimum atomic E-state index is -4.16. The molecular weight excluding hydrogens is 617 g/mol. The van der Waals surface area contributed by atoms with E-state index in [1.807, 2.05) is 56.3 Å². The SMILES string of the molecule is CNC(=O)[C@@H](Cc1ccccc1)N(Cc1ccc(Cl)c(Cl)c1)C(=O)CN(c1ccc(C(C)C)cc1)S(=O)(=O)c1ccccc1. The molecule has 0 saturated heterocycles. The van der Waals surface area contributed by atoms with Gasteiger partial charge in [-0.25, -0.2) is 8.42 Å². The first-order valence-electron chi connectivity index (χ1n) is 14.2. The van der Waals surface area contributed by atoms with Crippen LogP contribution in [0.3, 0.4) is 0 Å². The maximum Gasteiger partial charge on any atom is 0.264 e. The molecule has 0 heterocycles. The Morgan fingerprint density at radius 2 is 1.41 bits per heavy atom. The summed E-state index contributed by atoms with van der Waals surface area (Å²) in [5.41, 5.74) is 2.83. The second-order valence-corrected chi connectivity index (χ2v) is 13.3. The van der Waals surface area contributed by atoms with Crippen molar-refractivity contribution in [2.24, 2.45) is 0 Å². The number of nitrogens with one attached hydrogen (secondary N) is 1. The number of hydrogen-bond acceptors (Lipinski definition) is 4. The molecule has 10 heteroatoms. The van der Waals surface area contributed by atoms with Crippen LogP contribution in [-0.2, 0) is 32.6 Å². The van der Waals surface area contributed by atoms with Crippen LogP contribution in [-0.4, -0.2) is 44.8 Å². The third kappa shape index (κ3) is 8.00. The minimum Gasteiger partial charge on any atom is -0.357 e. The summed E-state index contributed by atoms with van der Waals surface area (Å²) in [4.78, 5) is 29.2. The molecule has 4 rings (SSSR count). The van der Waals surface area contributed by atoms with Crippen LogP contribution in [0.1, 0.15) is 36.5 Å². The van der Waals surface area contributed by atoms with Crippen molar-refractivity contribution in [1.29, 1.82) is 0 Å². The van der Waals surface area contributed by atoms with Crippen LogP contribution in [0.4, 0.5) is 5.69 Å². The molecule has 1 atom stereocenters. The minimum absolute atomic E-state index is 0.00778. The third-order valence-corrected chi connectivity index (χ3v) is 9.84. The maximum absolute atomic E-state index is 14.4. The summed E-state index contributed by atoms with van der Waals surface area (Å²) in [6, 6.07) is 28.4. The van der Waals surface area contributed by atoms with Crippen molar-refractivity contribution >= 4 is 50.7 Å². The highest BCUT2D eigenvalue weighted by Gasteiger charge is 2.34. The summed E-state index contributed by atoms with van der Waals surface area (Å²) in [6.07, 6.45) is 0.210. The van der Waals surface area contributed by atoms with Gasteiger partial charge >= 0.3 is 0 Å². The monoisotopic (exact) mass is 651 g/mol. The lowest BCUT2D eigenvalue weighted by molar-refractivity contribution is -0.139. The van der Waals surface area contributed by atoms with Crippen LogP contribution in [0, 0.1) is 0 Å². The molecule has 7 nitrogen and oxygen atoms in total. The van der Waals surface area contributed by atoms with E-state index in [2.05, 4.69) is 5.32 Å². The predicted molar refractivity (Wildman–Crippen MR) is 177 cm³/mol. The van der Waals surface area contributed by atoms with E-state index in [9.17, 15) is 18.0 Å². The molecule has 230 valence electrons. The zero-order valence-corrected chi connectivity index (χ0v) is 27.1. The number of hydrogen-bond donors (Lipinski definition) is 1. The van der Waals surface area contributed by atoms with Gasteiger partial charge in [-0.2, -0.15) is 0 Å². The van der Waals surface area contributed by atoms with E-state index < -0.39 is 28.5 Å². The van der Waals surface area contributed by atoms with E-state index in [-0.39, 0.29) is 29.7 Å². The van der Waals surface area contributed by atoms with Gasteiger partial charge in [0.1, 0.15) is 12.6 Å². The molecule has 0 aliphatic heterocycles. The number of nitrogens with zero attached hydrogens (tertiary/aromatic N) is 2. The van der Waals surface area contributed by atoms with E-state index in [0.717, 1.165) is 15.4 Å². The van der Waals surface area contributed by atoms with Crippen molar-refractivity contribution < 1.29 is 18.0 Å². The molecule has 4 aromatic rings. The average molecular weight is 653 g/mol. The zero-order chi connectivity index (χ0) is 31.9. The molecule has 0 aliphatic rings. The normalized spacial score (nSPS) is 12.0. The standard InChI is InChI=1S/C34H35Cl2N3O4S/c1-24(2)27-15-17-28(18-16-27)39(44(42,43)29-12-8-5-9-13-29)23-33(40)38(22-26-14-19-30(35)31(36)20-26)32(34(41)37-3)21-25-10-6-4-7-11-25/h4-20,24,32H,21-23H2,1-3H3,(H,37,41)/t32-/m1/s1. The maximum atomic E-state index is 14.4. The number of likely N-dealkylation sites (N-methyl/N-ethyl adjacent to an activating group) is 1. The Balaban J connectivity index is 1.80. The van der Waals surface area contributed by atoms with E-state index in [1.54, 1.807) is 48.5 Å². The lowest BCUT2D eigenvalue weighted by Gasteiger charge is -2.33. The van der Waals surface area contributed by atoms with E-state index in [0.29, 0.717) is 21.3 Å². The van der Waals surface area contributed by atoms with E-state index in [1.165, 1.54) is 24.1 Å². The highest BCUT2D eigenvalue weighted by molar-refractivity contribution is 7.92. The van der Waals surface area contributed by atoms with Crippen LogP contribution >= 0.6 is 23.2 Å². The molecule has 1 N–H and O–H groups in total. The van der Waals surface area contributed by atoms with Crippen LogP contribution < -0.4 is 9.62 Å². The molecule has 0 radical (unpaired) electrons. The lowest BCUT2D eigenvalue weighted by atomic mass is 10.0. The summed E-state index contributed by atoms with van der Waals surface area (Å²) in [6.45, 7) is 3.54. The molecule has 0 saturated carbocycles. The van der Waals surface area contributed by atoms with Gasteiger partial charge in [0.25, 0.3) is 10.0 Å². The Hall–Kier alpha value is -3.85. The number of amides is 2. The van der Waals surface area contributed by atoms with Crippen molar-refractivity contribution in [3.8, 4) is 0 Å². The lowest BCUT2D eigenvalue weighted by Crippen LogP contribution is -2.53. The van der Waals surface area contributed by atoms with Crippen molar-refractivity contribution in [2.75, 3.05) is 17.9 Å². The quantitative estimate of drug-likeness (QED) is 0.185. The molecule has 0 unspecified atom stereocenters. The molecule has 2 amide bonds. The fraction of sp³-hybridized carbons (Fsp3) is 0.235. The van der Waals surface area contributed by atoms with Gasteiger partial charge in [0.05, 0.1) is 20.6 Å². The Morgan fingerprint density at radius 1 is 0.795 bits per heavy atom. The fourth-order valence-corrected chi connectivity index (χ4v) is 6.59. The van der Waals surface area contributed by atoms with Gasteiger partial charge in [0, 0.05) is 20.0 Å². The summed E-state index contributed by atoms with van der Waals surface area (Å²) in [7, 11) is -2.66. The van der Waals surface area contributed by atoms with Gasteiger partial charge in [-0.05, 0) is 59.0 Å². The van der Waals surface area contributed by atoms with Crippen molar-refractivity contribution in [3.63, 3.8) is 0 Å². The van der Waals surface area contributed by atoms with Gasteiger partial charge in [-0.3, -0.25) is 13.9 Å². The molecule has 0 bridgehead atoms. The predicted octanol–water partition coefficient (Wildman–Crippen LogP) is 6.70. The van der Waals surface area contributed by atoms with Gasteiger partial charge in [-0.15, -0.1) is 0 Å². The Labute approximate surface area is 269 Å². The Kier molecular flexibility index (Phi) is 11.1. The number of carbonyl (C=O) groups excluding carboxylic acids is 2. The molecular formula is C34H35Cl2N3O4S. The molecule has 0 aromatic heterocycles. The summed E-state index contributed by atoms with van der Waals surface area (Å²) in [5.74, 6) is -0.716. The average Bonchev–Trinajstić information content (AvgIpc) is 3.03. The molecule has 0 aliphatic carbocycles. The molecule has 0 spiro atoms. The van der Waals surface area contributed by atoms with Gasteiger partial charge in [0.2, 0.25) is 11.8 Å². The van der Waals surface area contributed by atoms with Crippen molar-refractivity contribution in [3.05, 3.63) is 130 Å². The van der Waals surface area contributed by atoms with Gasteiger partial charge in [-0.1, -0.05) is 104 Å². The first-order chi connectivity index (χ1) is 21.0. The van der Waals surface area contributed by atoms with Crippen LogP contribution in [0.5, 0.6) is 0 Å². The van der Waals surface area contributed by atoms with Gasteiger partial charge in [0.15, 0.2) is 0 Å². The summed E-state index contributed by atoms with van der Waals surface area (Å²) in [5, 5.41) is 3.33. The summed E-state index contributed by atoms with van der Waals surface area (Å²) >= 11 is 12.4. The second-order valence-electron chi connectivity index (χ2n) is 10.7. The Morgan fingerprint density at radius 3 is 1.98 bits per heavy atom. The fourth-order valence-electron chi connectivity index (χ4n) is 4.83. The van der Waals surface area contributed by atoms with Crippen LogP contribution in [0.25, 0.3) is 0 Å². The first-order valence-corrected chi connectivity index (χ1v) is 16.4. The first kappa shape index (κ1) is 33.1. The van der Waals surface area contributed by atoms with E-state index in [4.69, 9.17) is 23.2 Å². The number of benzene rings is 4. The zero-order valence-electron chi connectivity index (χ0n) is 24.8. The van der Waals surface area contributed by atoms with Crippen LogP contribution in [0.2, 0.25) is 10.0 Å². The third-order valence-electron chi connectivity index (χ3n) is 7.31. The number of anilines is 1. The highest BCUT2D eigenvalue weighted by Crippen LogP contribution is 2.28. The second kappa shape index (κ2) is 14.8. The van der Waals surface area contributed by atoms with Crippen molar-refractivity contribution in [2.45, 2.75) is 43.7 Å². The van der Waals surface area contributed by atoms with E-state index >= 15 is 0 Å². The number of halogens is 2. The topological polar surface area (TPSA) is 86.8 Å². The molecule has 44 heavy (non-hydrogen) atoms.